The summed E-state index contributed by atoms with van der Waals surface area (Å²) in [5, 5.41) is 0. The highest BCUT2D eigenvalue weighted by Gasteiger charge is 2.01. The molecular formula is C14H25IN2. The van der Waals surface area contributed by atoms with Crippen molar-refractivity contribution in [2.24, 2.45) is 0 Å². The molecule has 0 N–H and O–H groups in total. The molecule has 0 fully saturated rings. The van der Waals surface area contributed by atoms with Crippen molar-refractivity contribution >= 4 is 0 Å². The maximum absolute atomic E-state index is 3.74. The van der Waals surface area contributed by atoms with E-state index in [4.69, 9.17) is 0 Å². The Morgan fingerprint density at radius 1 is 1.18 bits per heavy atom. The quantitative estimate of drug-likeness (QED) is 0.263. The lowest BCUT2D eigenvalue weighted by atomic mass is 10.1. The molecule has 0 aromatic carbocycles. The Bertz CT molecular complexity index is 294. The van der Waals surface area contributed by atoms with Crippen LogP contribution in [0.1, 0.15) is 45.4 Å². The van der Waals surface area contributed by atoms with Gasteiger partial charge in [-0.05, 0) is 12.8 Å². The first-order valence-corrected chi connectivity index (χ1v) is 6.52. The molecular weight excluding hydrogens is 323 g/mol. The number of imidazole rings is 1. The van der Waals surface area contributed by atoms with Crippen LogP contribution in [0.4, 0.5) is 0 Å². The lowest BCUT2D eigenvalue weighted by Crippen LogP contribution is -3.00. The Hall–Kier alpha value is -0.320. The third-order valence-electron chi connectivity index (χ3n) is 2.86. The predicted octanol–water partition coefficient (Wildman–Crippen LogP) is 0.326. The van der Waals surface area contributed by atoms with Crippen LogP contribution in [0.3, 0.4) is 0 Å². The standard InChI is InChI=1S/C14H25N2.HI/c1-3-5-6-7-8-9-11-16-13-12-15(14-16)10-4-2;/h4,12-14H,2-3,5-11H2,1H3;1H/q+1;/p-1. The minimum atomic E-state index is 0. The summed E-state index contributed by atoms with van der Waals surface area (Å²) in [5.74, 6) is 0. The smallest absolute Gasteiger partial charge is 0.244 e. The molecule has 0 saturated heterocycles. The highest BCUT2D eigenvalue weighted by Crippen LogP contribution is 2.05. The van der Waals surface area contributed by atoms with Crippen LogP contribution < -0.4 is 28.5 Å². The first-order chi connectivity index (χ1) is 7.86. The minimum absolute atomic E-state index is 0. The monoisotopic (exact) mass is 348 g/mol. The second-order valence-electron chi connectivity index (χ2n) is 4.40. The second-order valence-corrected chi connectivity index (χ2v) is 4.40. The van der Waals surface area contributed by atoms with E-state index in [1.165, 1.54) is 38.5 Å². The number of nitrogens with zero attached hydrogens (tertiary/aromatic N) is 2. The molecule has 3 heteroatoms. The van der Waals surface area contributed by atoms with Gasteiger partial charge in [-0.3, -0.25) is 0 Å². The van der Waals surface area contributed by atoms with E-state index in [2.05, 4.69) is 41.4 Å². The molecule has 2 nitrogen and oxygen atoms in total. The molecule has 0 spiro atoms. The number of halogens is 1. The van der Waals surface area contributed by atoms with Gasteiger partial charge in [0.05, 0.1) is 6.54 Å². The van der Waals surface area contributed by atoms with Gasteiger partial charge in [-0.25, -0.2) is 9.13 Å². The van der Waals surface area contributed by atoms with Gasteiger partial charge in [0.1, 0.15) is 18.9 Å². The lowest BCUT2D eigenvalue weighted by Gasteiger charge is -1.98. The predicted molar refractivity (Wildman–Crippen MR) is 68.2 cm³/mol. The van der Waals surface area contributed by atoms with Gasteiger partial charge in [0, 0.05) is 0 Å². The zero-order chi connectivity index (χ0) is 11.6. The molecule has 17 heavy (non-hydrogen) atoms. The molecule has 0 saturated carbocycles. The van der Waals surface area contributed by atoms with E-state index < -0.39 is 0 Å². The molecule has 1 rings (SSSR count). The molecule has 0 unspecified atom stereocenters. The highest BCUT2D eigenvalue weighted by molar-refractivity contribution is 4.68. The summed E-state index contributed by atoms with van der Waals surface area (Å²) in [6.45, 7) is 8.06. The first kappa shape index (κ1) is 16.7. The molecule has 0 aliphatic heterocycles. The van der Waals surface area contributed by atoms with Crippen LogP contribution >= 0.6 is 0 Å². The van der Waals surface area contributed by atoms with E-state index in [1.807, 2.05) is 6.08 Å². The largest absolute Gasteiger partial charge is 1.00 e. The Morgan fingerprint density at radius 3 is 2.59 bits per heavy atom. The SMILES string of the molecule is C=CC[n+]1ccn(CCCCCCCC)c1.[I-]. The third-order valence-corrected chi connectivity index (χ3v) is 2.86. The molecule has 1 heterocycles. The topological polar surface area (TPSA) is 8.81 Å². The van der Waals surface area contributed by atoms with Crippen LogP contribution in [-0.2, 0) is 13.1 Å². The van der Waals surface area contributed by atoms with Gasteiger partial charge >= 0.3 is 0 Å². The lowest BCUT2D eigenvalue weighted by molar-refractivity contribution is -0.686. The number of aryl methyl sites for hydroxylation is 1. The summed E-state index contributed by atoms with van der Waals surface area (Å²) in [6, 6.07) is 0. The molecule has 0 atom stereocenters. The zero-order valence-corrected chi connectivity index (χ0v) is 13.1. The first-order valence-electron chi connectivity index (χ1n) is 6.52. The number of aromatic nitrogens is 2. The van der Waals surface area contributed by atoms with Crippen molar-refractivity contribution in [3.8, 4) is 0 Å². The Balaban J connectivity index is 0.00000256. The van der Waals surface area contributed by atoms with Gasteiger partial charge in [-0.15, -0.1) is 0 Å². The Labute approximate surface area is 123 Å². The summed E-state index contributed by atoms with van der Waals surface area (Å²) in [5.41, 5.74) is 0. The van der Waals surface area contributed by atoms with Crippen molar-refractivity contribution in [1.82, 2.24) is 4.57 Å². The average molecular weight is 348 g/mol. The number of unbranched alkanes of at least 4 members (excludes halogenated alkanes) is 5. The number of hydrogen-bond donors (Lipinski definition) is 0. The molecule has 0 amide bonds. The average Bonchev–Trinajstić information content (AvgIpc) is 2.72. The molecule has 0 radical (unpaired) electrons. The zero-order valence-electron chi connectivity index (χ0n) is 10.9. The maximum atomic E-state index is 3.74. The van der Waals surface area contributed by atoms with Crippen LogP contribution in [0.25, 0.3) is 0 Å². The van der Waals surface area contributed by atoms with Gasteiger partial charge in [0.25, 0.3) is 0 Å². The van der Waals surface area contributed by atoms with Crippen molar-refractivity contribution in [3.05, 3.63) is 31.4 Å². The molecule has 0 bridgehead atoms. The summed E-state index contributed by atoms with van der Waals surface area (Å²) in [4.78, 5) is 0. The van der Waals surface area contributed by atoms with Gasteiger partial charge in [-0.1, -0.05) is 45.3 Å². The second kappa shape index (κ2) is 10.8. The van der Waals surface area contributed by atoms with Crippen molar-refractivity contribution < 1.29 is 28.5 Å². The fourth-order valence-corrected chi connectivity index (χ4v) is 1.90. The number of hydrogen-bond acceptors (Lipinski definition) is 0. The van der Waals surface area contributed by atoms with E-state index in [-0.39, 0.29) is 24.0 Å². The van der Waals surface area contributed by atoms with Gasteiger partial charge in [0.2, 0.25) is 6.33 Å². The molecule has 0 aliphatic rings. The van der Waals surface area contributed by atoms with Gasteiger partial charge in [0.15, 0.2) is 0 Å². The van der Waals surface area contributed by atoms with E-state index in [0.29, 0.717) is 0 Å². The van der Waals surface area contributed by atoms with E-state index >= 15 is 0 Å². The van der Waals surface area contributed by atoms with Crippen molar-refractivity contribution in [1.29, 1.82) is 0 Å². The van der Waals surface area contributed by atoms with Crippen molar-refractivity contribution in [2.45, 2.75) is 58.5 Å². The maximum Gasteiger partial charge on any atom is 0.244 e. The summed E-state index contributed by atoms with van der Waals surface area (Å²) in [6.07, 6.45) is 16.5. The number of allylic oxidation sites excluding steroid dienone is 1. The highest BCUT2D eigenvalue weighted by atomic mass is 127. The van der Waals surface area contributed by atoms with Crippen LogP contribution in [0, 0.1) is 0 Å². The van der Waals surface area contributed by atoms with E-state index in [0.717, 1.165) is 13.1 Å². The third kappa shape index (κ3) is 7.58. The van der Waals surface area contributed by atoms with Crippen LogP contribution in [0.5, 0.6) is 0 Å². The van der Waals surface area contributed by atoms with Crippen LogP contribution in [0.15, 0.2) is 31.4 Å². The molecule has 98 valence electrons. The Morgan fingerprint density at radius 2 is 1.88 bits per heavy atom. The van der Waals surface area contributed by atoms with Crippen LogP contribution in [0.2, 0.25) is 0 Å². The fourth-order valence-electron chi connectivity index (χ4n) is 1.90. The van der Waals surface area contributed by atoms with Crippen LogP contribution in [-0.4, -0.2) is 4.57 Å². The van der Waals surface area contributed by atoms with Crippen molar-refractivity contribution in [3.63, 3.8) is 0 Å². The molecule has 1 aromatic heterocycles. The summed E-state index contributed by atoms with van der Waals surface area (Å²) >= 11 is 0. The fraction of sp³-hybridized carbons (Fsp3) is 0.643. The summed E-state index contributed by atoms with van der Waals surface area (Å²) < 4.78 is 4.42. The van der Waals surface area contributed by atoms with E-state index in [1.54, 1.807) is 0 Å². The number of rotatable bonds is 9. The Kier molecular flexibility index (Phi) is 10.6. The van der Waals surface area contributed by atoms with Gasteiger partial charge < -0.3 is 24.0 Å². The van der Waals surface area contributed by atoms with Crippen molar-refractivity contribution in [2.75, 3.05) is 0 Å². The van der Waals surface area contributed by atoms with E-state index in [9.17, 15) is 0 Å². The molecule has 0 aliphatic carbocycles. The van der Waals surface area contributed by atoms with Gasteiger partial charge in [-0.2, -0.15) is 0 Å². The minimum Gasteiger partial charge on any atom is -1.00 e. The molecule has 1 aromatic rings. The normalized spacial score (nSPS) is 9.94. The summed E-state index contributed by atoms with van der Waals surface area (Å²) in [7, 11) is 0.